The molecule has 1 amide bonds. The molecule has 144 valence electrons. The highest BCUT2D eigenvalue weighted by molar-refractivity contribution is 6.32. The second-order valence-corrected chi connectivity index (χ2v) is 6.87. The number of anilines is 1. The van der Waals surface area contributed by atoms with E-state index in [0.717, 1.165) is 0 Å². The summed E-state index contributed by atoms with van der Waals surface area (Å²) in [5, 5.41) is 4.03. The Bertz CT molecular complexity index is 1090. The van der Waals surface area contributed by atoms with Crippen molar-refractivity contribution in [1.82, 2.24) is 9.97 Å². The first-order valence-corrected chi connectivity index (χ1v) is 8.97. The van der Waals surface area contributed by atoms with E-state index >= 15 is 0 Å². The molecule has 2 N–H and O–H groups in total. The van der Waals surface area contributed by atoms with Gasteiger partial charge in [0.2, 0.25) is 5.78 Å². The third kappa shape index (κ3) is 4.16. The Morgan fingerprint density at radius 2 is 1.86 bits per heavy atom. The van der Waals surface area contributed by atoms with E-state index < -0.39 is 23.8 Å². The number of H-pyrrole nitrogens is 1. The number of hydrogen-bond donors (Lipinski definition) is 2. The van der Waals surface area contributed by atoms with Gasteiger partial charge in [-0.2, -0.15) is 0 Å². The summed E-state index contributed by atoms with van der Waals surface area (Å²) in [6.07, 6.45) is 0.373. The van der Waals surface area contributed by atoms with E-state index in [4.69, 9.17) is 27.9 Å². The van der Waals surface area contributed by atoms with Crippen LogP contribution in [-0.4, -0.2) is 33.7 Å². The summed E-state index contributed by atoms with van der Waals surface area (Å²) in [6, 6.07) is 7.91. The monoisotopic (exact) mass is 419 g/mol. The van der Waals surface area contributed by atoms with Gasteiger partial charge in [-0.05, 0) is 37.3 Å². The molecule has 3 aromatic rings. The predicted octanol–water partition coefficient (Wildman–Crippen LogP) is 3.99. The van der Waals surface area contributed by atoms with Gasteiger partial charge in [0, 0.05) is 34.1 Å². The maximum atomic E-state index is 13.0. The molecular weight excluding hydrogens is 405 g/mol. The highest BCUT2D eigenvalue weighted by atomic mass is 35.5. The van der Waals surface area contributed by atoms with Crippen LogP contribution in [0, 0.1) is 0 Å². The molecule has 1 atom stereocenters. The molecule has 0 bridgehead atoms. The highest BCUT2D eigenvalue weighted by Gasteiger charge is 2.24. The smallest absolute Gasteiger partial charge is 0.303 e. The van der Waals surface area contributed by atoms with Crippen LogP contribution in [0.3, 0.4) is 0 Å². The van der Waals surface area contributed by atoms with Crippen LogP contribution in [0.2, 0.25) is 10.0 Å². The number of ketones is 1. The van der Waals surface area contributed by atoms with Gasteiger partial charge in [-0.25, -0.2) is 0 Å². The van der Waals surface area contributed by atoms with Gasteiger partial charge in [0.1, 0.15) is 11.4 Å². The lowest BCUT2D eigenvalue weighted by molar-refractivity contribution is -0.150. The fourth-order valence-corrected chi connectivity index (χ4v) is 2.99. The number of esters is 1. The summed E-state index contributed by atoms with van der Waals surface area (Å²) in [5.74, 6) is -1.64. The first-order valence-electron chi connectivity index (χ1n) is 8.22. The van der Waals surface area contributed by atoms with E-state index in [1.807, 2.05) is 0 Å². The van der Waals surface area contributed by atoms with E-state index in [0.29, 0.717) is 20.9 Å². The molecule has 2 aromatic heterocycles. The number of amides is 1. The van der Waals surface area contributed by atoms with Crippen molar-refractivity contribution in [2.75, 3.05) is 5.32 Å². The van der Waals surface area contributed by atoms with E-state index in [9.17, 15) is 14.4 Å². The molecule has 0 saturated heterocycles. The molecule has 0 spiro atoms. The van der Waals surface area contributed by atoms with Crippen LogP contribution in [0.5, 0.6) is 0 Å². The minimum absolute atomic E-state index is 0.105. The molecular formula is C19H15Cl2N3O4. The number of aromatic nitrogens is 2. The van der Waals surface area contributed by atoms with Crippen molar-refractivity contribution in [2.45, 2.75) is 20.0 Å². The van der Waals surface area contributed by atoms with Gasteiger partial charge in [-0.3, -0.25) is 19.4 Å². The fourth-order valence-electron chi connectivity index (χ4n) is 2.65. The second-order valence-electron chi connectivity index (χ2n) is 5.99. The molecule has 0 aliphatic rings. The minimum atomic E-state index is -1.04. The second kappa shape index (κ2) is 8.00. The molecule has 0 fully saturated rings. The maximum Gasteiger partial charge on any atom is 0.303 e. The number of nitrogens with zero attached hydrogens (tertiary/aromatic N) is 1. The number of aromatic amines is 1. The largest absolute Gasteiger partial charge is 0.453 e. The van der Waals surface area contributed by atoms with Crippen molar-refractivity contribution in [1.29, 1.82) is 0 Å². The molecule has 2 heterocycles. The van der Waals surface area contributed by atoms with Gasteiger partial charge in [0.15, 0.2) is 6.10 Å². The minimum Gasteiger partial charge on any atom is -0.453 e. The Kier molecular flexibility index (Phi) is 5.67. The summed E-state index contributed by atoms with van der Waals surface area (Å²) < 4.78 is 4.90. The number of rotatable bonds is 5. The number of hydrogen-bond acceptors (Lipinski definition) is 5. The quantitative estimate of drug-likeness (QED) is 0.480. The summed E-state index contributed by atoms with van der Waals surface area (Å²) in [6.45, 7) is 2.64. The first-order chi connectivity index (χ1) is 13.3. The highest BCUT2D eigenvalue weighted by Crippen LogP contribution is 2.31. The Morgan fingerprint density at radius 1 is 1.14 bits per heavy atom. The van der Waals surface area contributed by atoms with Crippen LogP contribution in [0.25, 0.3) is 10.9 Å². The topological polar surface area (TPSA) is 101 Å². The van der Waals surface area contributed by atoms with E-state index in [2.05, 4.69) is 15.3 Å². The van der Waals surface area contributed by atoms with Crippen molar-refractivity contribution in [2.24, 2.45) is 0 Å². The number of pyridine rings is 1. The molecule has 9 heteroatoms. The number of ether oxygens (including phenoxy) is 1. The summed E-state index contributed by atoms with van der Waals surface area (Å²) in [7, 11) is 0. The summed E-state index contributed by atoms with van der Waals surface area (Å²) in [4.78, 5) is 43.5. The Hall–Kier alpha value is -2.90. The predicted molar refractivity (Wildman–Crippen MR) is 106 cm³/mol. The van der Waals surface area contributed by atoms with Gasteiger partial charge in [0.05, 0.1) is 5.69 Å². The number of fused-ring (bicyclic) bond motifs is 1. The molecule has 3 rings (SSSR count). The number of carbonyl (C=O) groups excluding carboxylic acids is 3. The SMILES string of the molecule is CC(=O)O[C@@H](C)C(=O)Nc1c(C(=O)c2cc(Cl)ccn2)[nH]c2cc(Cl)ccc12. The normalized spacial score (nSPS) is 11.9. The van der Waals surface area contributed by atoms with Crippen molar-refractivity contribution in [3.8, 4) is 0 Å². The Morgan fingerprint density at radius 3 is 2.54 bits per heavy atom. The third-order valence-corrected chi connectivity index (χ3v) is 4.37. The van der Waals surface area contributed by atoms with Crippen molar-refractivity contribution in [3.63, 3.8) is 0 Å². The van der Waals surface area contributed by atoms with Crippen LogP contribution in [0.1, 0.15) is 30.0 Å². The third-order valence-electron chi connectivity index (χ3n) is 3.90. The summed E-state index contributed by atoms with van der Waals surface area (Å²) in [5.41, 5.74) is 1.000. The van der Waals surface area contributed by atoms with Gasteiger partial charge < -0.3 is 15.0 Å². The number of halogens is 2. The first kappa shape index (κ1) is 19.9. The van der Waals surface area contributed by atoms with Crippen molar-refractivity contribution >= 4 is 57.5 Å². The van der Waals surface area contributed by atoms with Gasteiger partial charge in [0.25, 0.3) is 5.91 Å². The van der Waals surface area contributed by atoms with Crippen LogP contribution in [0.15, 0.2) is 36.5 Å². The fraction of sp³-hybridized carbons (Fsp3) is 0.158. The average molecular weight is 420 g/mol. The maximum absolute atomic E-state index is 13.0. The zero-order chi connectivity index (χ0) is 20.4. The number of carbonyl (C=O) groups is 3. The van der Waals surface area contributed by atoms with Crippen LogP contribution < -0.4 is 5.32 Å². The van der Waals surface area contributed by atoms with Crippen LogP contribution in [0.4, 0.5) is 5.69 Å². The lowest BCUT2D eigenvalue weighted by Gasteiger charge is -2.13. The summed E-state index contributed by atoms with van der Waals surface area (Å²) >= 11 is 12.0. The van der Waals surface area contributed by atoms with Crippen LogP contribution in [-0.2, 0) is 14.3 Å². The lowest BCUT2D eigenvalue weighted by Crippen LogP contribution is -2.29. The van der Waals surface area contributed by atoms with Gasteiger partial charge in [-0.15, -0.1) is 0 Å². The van der Waals surface area contributed by atoms with Crippen LogP contribution >= 0.6 is 23.2 Å². The molecule has 0 radical (unpaired) electrons. The van der Waals surface area contributed by atoms with Gasteiger partial charge >= 0.3 is 5.97 Å². The Labute approximate surface area is 170 Å². The van der Waals surface area contributed by atoms with E-state index in [-0.39, 0.29) is 17.1 Å². The molecule has 28 heavy (non-hydrogen) atoms. The zero-order valence-corrected chi connectivity index (χ0v) is 16.4. The van der Waals surface area contributed by atoms with Gasteiger partial charge in [-0.1, -0.05) is 23.2 Å². The number of benzene rings is 1. The van der Waals surface area contributed by atoms with Crippen molar-refractivity contribution in [3.05, 3.63) is 58.0 Å². The van der Waals surface area contributed by atoms with Crippen molar-refractivity contribution < 1.29 is 19.1 Å². The number of nitrogens with one attached hydrogen (secondary N) is 2. The standard InChI is InChI=1S/C19H15Cl2N3O4/c1-9(28-10(2)25)19(27)24-16-13-4-3-11(20)7-14(13)23-17(16)18(26)15-8-12(21)5-6-22-15/h3-9,23H,1-2H3,(H,24,27)/t9-/m0/s1. The van der Waals surface area contributed by atoms with E-state index in [1.54, 1.807) is 24.3 Å². The molecule has 0 unspecified atom stereocenters. The van der Waals surface area contributed by atoms with E-state index in [1.165, 1.54) is 26.1 Å². The lowest BCUT2D eigenvalue weighted by atomic mass is 10.1. The molecule has 1 aromatic carbocycles. The molecule has 0 aliphatic heterocycles. The molecule has 0 aliphatic carbocycles. The Balaban J connectivity index is 2.06. The average Bonchev–Trinajstić information content (AvgIpc) is 2.97. The zero-order valence-electron chi connectivity index (χ0n) is 14.9. The molecule has 0 saturated carbocycles. The molecule has 7 nitrogen and oxygen atoms in total.